The Morgan fingerprint density at radius 2 is 1.74 bits per heavy atom. The van der Waals surface area contributed by atoms with Gasteiger partial charge in [-0.3, -0.25) is 14.5 Å². The van der Waals surface area contributed by atoms with Gasteiger partial charge in [-0.1, -0.05) is 35.3 Å². The van der Waals surface area contributed by atoms with Crippen LogP contribution in [-0.2, 0) is 9.59 Å². The van der Waals surface area contributed by atoms with E-state index in [9.17, 15) is 9.59 Å². The fourth-order valence-corrected chi connectivity index (χ4v) is 4.74. The van der Waals surface area contributed by atoms with Gasteiger partial charge >= 0.3 is 0 Å². The van der Waals surface area contributed by atoms with Gasteiger partial charge in [0.1, 0.15) is 0 Å². The zero-order valence-electron chi connectivity index (χ0n) is 14.3. The number of hydrogen-bond donors (Lipinski definition) is 0. The van der Waals surface area contributed by atoms with Gasteiger partial charge in [0.25, 0.3) is 0 Å². The van der Waals surface area contributed by atoms with Crippen molar-refractivity contribution in [2.24, 2.45) is 0 Å². The summed E-state index contributed by atoms with van der Waals surface area (Å²) in [4.78, 5) is 27.7. The number of allylic oxidation sites excluding steroid dienone is 2. The van der Waals surface area contributed by atoms with Crippen LogP contribution in [0.1, 0.15) is 37.2 Å². The van der Waals surface area contributed by atoms with Crippen molar-refractivity contribution in [3.8, 4) is 0 Å². The van der Waals surface area contributed by atoms with Crippen LogP contribution in [0.25, 0.3) is 0 Å². The quantitative estimate of drug-likeness (QED) is 0.455. The number of ketones is 1. The number of Topliss-reactive ketones (excluding diaryl/α,β-unsaturated/α-hetero) is 1. The summed E-state index contributed by atoms with van der Waals surface area (Å²) in [5.74, 6) is -0.266. The lowest BCUT2D eigenvalue weighted by Crippen LogP contribution is -2.40. The van der Waals surface area contributed by atoms with Crippen LogP contribution in [0.5, 0.6) is 0 Å². The number of anilines is 1. The zero-order chi connectivity index (χ0) is 19.1. The van der Waals surface area contributed by atoms with Gasteiger partial charge in [-0.2, -0.15) is 0 Å². The van der Waals surface area contributed by atoms with Crippen molar-refractivity contribution in [2.45, 2.75) is 31.6 Å². The van der Waals surface area contributed by atoms with Crippen LogP contribution in [0.4, 0.5) is 5.69 Å². The molecule has 0 saturated heterocycles. The summed E-state index contributed by atoms with van der Waals surface area (Å²) in [5.41, 5.74) is 3.08. The summed E-state index contributed by atoms with van der Waals surface area (Å²) in [6.45, 7) is 0. The lowest BCUT2D eigenvalue weighted by Gasteiger charge is -2.38. The molecular weight excluding hydrogens is 496 g/mol. The number of amides is 1. The van der Waals surface area contributed by atoms with Crippen molar-refractivity contribution < 1.29 is 9.59 Å². The highest BCUT2D eigenvalue weighted by molar-refractivity contribution is 14.1. The van der Waals surface area contributed by atoms with E-state index in [-0.39, 0.29) is 24.0 Å². The van der Waals surface area contributed by atoms with Gasteiger partial charge in [0.05, 0.1) is 10.0 Å². The van der Waals surface area contributed by atoms with Crippen LogP contribution in [0.2, 0.25) is 10.0 Å². The predicted octanol–water partition coefficient (Wildman–Crippen LogP) is 6.13. The van der Waals surface area contributed by atoms with Gasteiger partial charge in [0, 0.05) is 39.3 Å². The van der Waals surface area contributed by atoms with Gasteiger partial charge in [0.15, 0.2) is 5.78 Å². The number of hydrogen-bond acceptors (Lipinski definition) is 2. The summed E-state index contributed by atoms with van der Waals surface area (Å²) in [6, 6.07) is 13.2. The zero-order valence-corrected chi connectivity index (χ0v) is 18.0. The number of nitrogens with zero attached hydrogens (tertiary/aromatic N) is 1. The van der Waals surface area contributed by atoms with E-state index in [1.54, 1.807) is 11.0 Å². The van der Waals surface area contributed by atoms with Gasteiger partial charge in [0.2, 0.25) is 5.91 Å². The summed E-state index contributed by atoms with van der Waals surface area (Å²) in [6.07, 6.45) is 2.16. The minimum Gasteiger partial charge on any atom is -0.294 e. The van der Waals surface area contributed by atoms with Crippen molar-refractivity contribution in [3.05, 3.63) is 72.9 Å². The lowest BCUT2D eigenvalue weighted by atomic mass is 9.77. The molecule has 0 spiro atoms. The minimum absolute atomic E-state index is 0.0225. The first-order chi connectivity index (χ1) is 13.0. The summed E-state index contributed by atoms with van der Waals surface area (Å²) in [7, 11) is 0. The van der Waals surface area contributed by atoms with Crippen molar-refractivity contribution in [3.63, 3.8) is 0 Å². The second-order valence-corrected chi connectivity index (χ2v) is 8.77. The van der Waals surface area contributed by atoms with E-state index >= 15 is 0 Å². The third kappa shape index (κ3) is 3.43. The minimum atomic E-state index is -0.341. The molecule has 0 bridgehead atoms. The van der Waals surface area contributed by atoms with Crippen LogP contribution >= 0.6 is 45.8 Å². The lowest BCUT2D eigenvalue weighted by molar-refractivity contribution is -0.119. The number of benzene rings is 2. The molecule has 2 aromatic carbocycles. The first-order valence-corrected chi connectivity index (χ1v) is 10.6. The summed E-state index contributed by atoms with van der Waals surface area (Å²) >= 11 is 14.9. The molecule has 1 heterocycles. The second-order valence-electron chi connectivity index (χ2n) is 6.74. The molecule has 1 aliphatic heterocycles. The molecule has 0 radical (unpaired) electrons. The molecule has 0 N–H and O–H groups in total. The van der Waals surface area contributed by atoms with Gasteiger partial charge < -0.3 is 0 Å². The molecule has 1 atom stereocenters. The Kier molecular flexibility index (Phi) is 5.32. The first kappa shape index (κ1) is 19.0. The highest BCUT2D eigenvalue weighted by Gasteiger charge is 2.40. The van der Waals surface area contributed by atoms with E-state index in [0.717, 1.165) is 26.9 Å². The van der Waals surface area contributed by atoms with Gasteiger partial charge in [-0.05, 0) is 71.3 Å². The molecule has 27 heavy (non-hydrogen) atoms. The van der Waals surface area contributed by atoms with Crippen molar-refractivity contribution in [1.82, 2.24) is 0 Å². The van der Waals surface area contributed by atoms with E-state index in [0.29, 0.717) is 28.5 Å². The molecule has 0 aromatic heterocycles. The highest BCUT2D eigenvalue weighted by atomic mass is 127. The molecule has 2 aliphatic rings. The molecule has 0 fully saturated rings. The Morgan fingerprint density at radius 1 is 1.00 bits per heavy atom. The molecule has 1 aliphatic carbocycles. The van der Waals surface area contributed by atoms with Gasteiger partial charge in [-0.15, -0.1) is 0 Å². The van der Waals surface area contributed by atoms with Crippen LogP contribution in [-0.4, -0.2) is 11.7 Å². The normalized spacial score (nSPS) is 20.1. The van der Waals surface area contributed by atoms with E-state index in [1.807, 2.05) is 36.4 Å². The maximum absolute atomic E-state index is 13.1. The maximum atomic E-state index is 13.1. The molecule has 1 unspecified atom stereocenters. The first-order valence-electron chi connectivity index (χ1n) is 8.76. The van der Waals surface area contributed by atoms with Crippen LogP contribution in [0.15, 0.2) is 53.7 Å². The molecule has 3 nitrogen and oxygen atoms in total. The Labute approximate surface area is 181 Å². The average Bonchev–Trinajstić information content (AvgIpc) is 2.65. The molecular formula is C21H16Cl2INO2. The van der Waals surface area contributed by atoms with Crippen molar-refractivity contribution >= 4 is 63.2 Å². The summed E-state index contributed by atoms with van der Waals surface area (Å²) < 4.78 is 1.10. The largest absolute Gasteiger partial charge is 0.294 e. The standard InChI is InChI=1S/C21H16Cl2INO2/c22-16-4-1-3-14(21(16)23)15-11-19(27)25(13-9-7-12(24)8-10-13)17-5-2-6-18(26)20(15)17/h1,3-4,7-10,15H,2,5-6,11H2. The van der Waals surface area contributed by atoms with Gasteiger partial charge in [-0.25, -0.2) is 0 Å². The molecule has 6 heteroatoms. The number of carbonyl (C=O) groups excluding carboxylic acids is 2. The fourth-order valence-electron chi connectivity index (χ4n) is 3.94. The third-order valence-electron chi connectivity index (χ3n) is 5.12. The number of carbonyl (C=O) groups is 2. The van der Waals surface area contributed by atoms with E-state index in [1.165, 1.54) is 0 Å². The molecule has 4 rings (SSSR count). The molecule has 0 saturated carbocycles. The Morgan fingerprint density at radius 3 is 2.48 bits per heavy atom. The molecule has 138 valence electrons. The van der Waals surface area contributed by atoms with E-state index in [2.05, 4.69) is 22.6 Å². The monoisotopic (exact) mass is 511 g/mol. The Bertz CT molecular complexity index is 969. The maximum Gasteiger partial charge on any atom is 0.232 e. The van der Waals surface area contributed by atoms with Crippen LogP contribution in [0.3, 0.4) is 0 Å². The van der Waals surface area contributed by atoms with Crippen LogP contribution in [0, 0.1) is 3.57 Å². The van der Waals surface area contributed by atoms with E-state index in [4.69, 9.17) is 23.2 Å². The predicted molar refractivity (Wildman–Crippen MR) is 116 cm³/mol. The highest BCUT2D eigenvalue weighted by Crippen LogP contribution is 2.45. The molecule has 1 amide bonds. The fraction of sp³-hybridized carbons (Fsp3) is 0.238. The Hall–Kier alpha value is -1.37. The molecule has 2 aromatic rings. The number of halogens is 3. The van der Waals surface area contributed by atoms with Crippen LogP contribution < -0.4 is 4.90 Å². The van der Waals surface area contributed by atoms with E-state index < -0.39 is 0 Å². The average molecular weight is 512 g/mol. The van der Waals surface area contributed by atoms with Crippen molar-refractivity contribution in [1.29, 1.82) is 0 Å². The summed E-state index contributed by atoms with van der Waals surface area (Å²) in [5, 5.41) is 0.858. The SMILES string of the molecule is O=C1CCCC2=C1C(c1cccc(Cl)c1Cl)CC(=O)N2c1ccc(I)cc1. The third-order valence-corrected chi connectivity index (χ3v) is 6.67. The topological polar surface area (TPSA) is 37.4 Å². The Balaban J connectivity index is 1.88. The van der Waals surface area contributed by atoms with Crippen molar-refractivity contribution in [2.75, 3.05) is 4.90 Å². The number of rotatable bonds is 2. The smallest absolute Gasteiger partial charge is 0.232 e. The second kappa shape index (κ2) is 7.57.